The molecule has 2 atom stereocenters. The molecular formula is C20H28N4O6S. The number of carbonyl (C=O) groups is 1. The number of aliphatic hydroxyl groups is 1. The number of phenols is 1. The molecule has 2 rings (SSSR count). The molecule has 11 heteroatoms. The molecule has 10 nitrogen and oxygen atoms in total. The van der Waals surface area contributed by atoms with Crippen molar-refractivity contribution in [3.05, 3.63) is 48.0 Å². The van der Waals surface area contributed by atoms with Gasteiger partial charge in [-0.05, 0) is 62.2 Å². The average Bonchev–Trinajstić information content (AvgIpc) is 2.64. The fraction of sp³-hybridized carbons (Fsp3) is 0.350. The van der Waals surface area contributed by atoms with Crippen molar-refractivity contribution in [1.82, 2.24) is 9.62 Å². The van der Waals surface area contributed by atoms with E-state index in [1.165, 1.54) is 42.5 Å². The fourth-order valence-electron chi connectivity index (χ4n) is 3.19. The molecule has 2 aromatic carbocycles. The summed E-state index contributed by atoms with van der Waals surface area (Å²) in [6.07, 6.45) is -2.78. The van der Waals surface area contributed by atoms with Crippen molar-refractivity contribution in [2.75, 3.05) is 18.0 Å². The van der Waals surface area contributed by atoms with E-state index in [0.717, 1.165) is 4.31 Å². The summed E-state index contributed by atoms with van der Waals surface area (Å²) in [7, 11) is -3.98. The summed E-state index contributed by atoms with van der Waals surface area (Å²) >= 11 is 0. The Kier molecular flexibility index (Phi) is 7.71. The zero-order valence-corrected chi connectivity index (χ0v) is 18.1. The van der Waals surface area contributed by atoms with E-state index in [-0.39, 0.29) is 29.3 Å². The van der Waals surface area contributed by atoms with Crippen molar-refractivity contribution in [3.8, 4) is 5.75 Å². The molecule has 0 radical (unpaired) electrons. The van der Waals surface area contributed by atoms with Gasteiger partial charge in [-0.3, -0.25) is 0 Å². The minimum atomic E-state index is -3.98. The molecule has 2 unspecified atom stereocenters. The SMILES string of the molecule is CC(C)N(CC(O)C(Cc1cc(N)cc(O)c1)NC(=O)O)S(=O)(=O)c1ccc(N)cc1. The summed E-state index contributed by atoms with van der Waals surface area (Å²) in [6.45, 7) is 2.94. The number of carboxylic acid groups (broad SMARTS) is 1. The van der Waals surface area contributed by atoms with Crippen LogP contribution in [0, 0.1) is 0 Å². The highest BCUT2D eigenvalue weighted by atomic mass is 32.2. The molecule has 0 aliphatic carbocycles. The Morgan fingerprint density at radius 2 is 1.71 bits per heavy atom. The van der Waals surface area contributed by atoms with Gasteiger partial charge >= 0.3 is 6.09 Å². The van der Waals surface area contributed by atoms with Gasteiger partial charge in [-0.1, -0.05) is 0 Å². The number of nitrogens with zero attached hydrogens (tertiary/aromatic N) is 1. The van der Waals surface area contributed by atoms with Crippen LogP contribution in [0.3, 0.4) is 0 Å². The van der Waals surface area contributed by atoms with Crippen molar-refractivity contribution >= 4 is 27.5 Å². The van der Waals surface area contributed by atoms with Gasteiger partial charge in [0.05, 0.1) is 17.0 Å². The maximum Gasteiger partial charge on any atom is 0.404 e. The van der Waals surface area contributed by atoms with E-state index >= 15 is 0 Å². The first-order chi connectivity index (χ1) is 14.4. The number of sulfonamides is 1. The first-order valence-electron chi connectivity index (χ1n) is 9.53. The van der Waals surface area contributed by atoms with Crippen molar-refractivity contribution in [1.29, 1.82) is 0 Å². The highest BCUT2D eigenvalue weighted by Gasteiger charge is 2.32. The lowest BCUT2D eigenvalue weighted by Gasteiger charge is -2.31. The minimum Gasteiger partial charge on any atom is -0.508 e. The van der Waals surface area contributed by atoms with E-state index in [0.29, 0.717) is 11.3 Å². The highest BCUT2D eigenvalue weighted by Crippen LogP contribution is 2.22. The van der Waals surface area contributed by atoms with E-state index in [1.54, 1.807) is 13.8 Å². The van der Waals surface area contributed by atoms with Gasteiger partial charge in [0.15, 0.2) is 0 Å². The number of anilines is 2. The summed E-state index contributed by atoms with van der Waals surface area (Å²) < 4.78 is 27.3. The van der Waals surface area contributed by atoms with Gasteiger partial charge in [-0.25, -0.2) is 13.2 Å². The van der Waals surface area contributed by atoms with Crippen molar-refractivity contribution < 1.29 is 28.5 Å². The topological polar surface area (TPSA) is 179 Å². The molecule has 0 aliphatic heterocycles. The number of nitrogens with two attached hydrogens (primary N) is 2. The third-order valence-corrected chi connectivity index (χ3v) is 6.71. The quantitative estimate of drug-likeness (QED) is 0.307. The lowest BCUT2D eigenvalue weighted by Crippen LogP contribution is -2.51. The number of phenolic OH excluding ortho intramolecular Hbond substituents is 1. The number of amides is 1. The second-order valence-electron chi connectivity index (χ2n) is 7.50. The molecule has 0 spiro atoms. The highest BCUT2D eigenvalue weighted by molar-refractivity contribution is 7.89. The minimum absolute atomic E-state index is 0.00565. The summed E-state index contributed by atoms with van der Waals surface area (Å²) in [5.41, 5.74) is 12.5. The second-order valence-corrected chi connectivity index (χ2v) is 9.39. The summed E-state index contributed by atoms with van der Waals surface area (Å²) in [5, 5.41) is 31.9. The van der Waals surface area contributed by atoms with Crippen LogP contribution < -0.4 is 16.8 Å². The van der Waals surface area contributed by atoms with Gasteiger partial charge in [0.2, 0.25) is 10.0 Å². The normalized spacial score (nSPS) is 13.8. The molecule has 0 aromatic heterocycles. The van der Waals surface area contributed by atoms with Crippen LogP contribution in [0.5, 0.6) is 5.75 Å². The number of nitrogen functional groups attached to an aromatic ring is 2. The number of hydrogen-bond donors (Lipinski definition) is 6. The number of aromatic hydroxyl groups is 1. The molecule has 170 valence electrons. The Labute approximate surface area is 181 Å². The molecule has 0 saturated heterocycles. The Hall–Kier alpha value is -3.02. The Morgan fingerprint density at radius 1 is 1.10 bits per heavy atom. The third kappa shape index (κ3) is 6.48. The number of rotatable bonds is 9. The van der Waals surface area contributed by atoms with Gasteiger partial charge in [-0.15, -0.1) is 0 Å². The first-order valence-corrected chi connectivity index (χ1v) is 11.0. The summed E-state index contributed by atoms with van der Waals surface area (Å²) in [6, 6.07) is 8.36. The molecule has 0 fully saturated rings. The van der Waals surface area contributed by atoms with Gasteiger partial charge in [-0.2, -0.15) is 4.31 Å². The fourth-order valence-corrected chi connectivity index (χ4v) is 4.84. The van der Waals surface area contributed by atoms with Crippen LogP contribution in [0.1, 0.15) is 19.4 Å². The van der Waals surface area contributed by atoms with Crippen LogP contribution in [0.2, 0.25) is 0 Å². The summed E-state index contributed by atoms with van der Waals surface area (Å²) in [4.78, 5) is 11.3. The van der Waals surface area contributed by atoms with Gasteiger partial charge < -0.3 is 32.1 Å². The zero-order chi connectivity index (χ0) is 23.3. The zero-order valence-electron chi connectivity index (χ0n) is 17.3. The van der Waals surface area contributed by atoms with Crippen LogP contribution in [-0.2, 0) is 16.4 Å². The molecular weight excluding hydrogens is 424 g/mol. The number of aliphatic hydroxyl groups excluding tert-OH is 1. The predicted molar refractivity (Wildman–Crippen MR) is 117 cm³/mol. The molecule has 0 bridgehead atoms. The number of hydrogen-bond acceptors (Lipinski definition) is 7. The standard InChI is InChI=1S/C20H28N4O6S/c1-12(2)24(31(29,30)17-5-3-14(21)4-6-17)11-19(26)18(23-20(27)28)9-13-7-15(22)10-16(25)8-13/h3-8,10,12,18-19,23,25-26H,9,11,21-22H2,1-2H3,(H,27,28). The maximum absolute atomic E-state index is 13.1. The molecule has 8 N–H and O–H groups in total. The van der Waals surface area contributed by atoms with Crippen LogP contribution in [0.15, 0.2) is 47.4 Å². The predicted octanol–water partition coefficient (Wildman–Crippen LogP) is 1.20. The van der Waals surface area contributed by atoms with E-state index in [1.807, 2.05) is 0 Å². The van der Waals surface area contributed by atoms with Gasteiger partial charge in [0.1, 0.15) is 5.75 Å². The molecule has 31 heavy (non-hydrogen) atoms. The number of benzene rings is 2. The smallest absolute Gasteiger partial charge is 0.404 e. The third-order valence-electron chi connectivity index (χ3n) is 4.66. The van der Waals surface area contributed by atoms with Crippen LogP contribution in [0.4, 0.5) is 16.2 Å². The van der Waals surface area contributed by atoms with Crippen molar-refractivity contribution in [3.63, 3.8) is 0 Å². The lowest BCUT2D eigenvalue weighted by atomic mass is 10.00. The lowest BCUT2D eigenvalue weighted by molar-refractivity contribution is 0.0946. The van der Waals surface area contributed by atoms with E-state index in [9.17, 15) is 28.5 Å². The Morgan fingerprint density at radius 3 is 2.23 bits per heavy atom. The van der Waals surface area contributed by atoms with Crippen molar-refractivity contribution in [2.45, 2.75) is 43.4 Å². The van der Waals surface area contributed by atoms with Gasteiger partial charge in [0, 0.05) is 30.0 Å². The largest absolute Gasteiger partial charge is 0.508 e. The monoisotopic (exact) mass is 452 g/mol. The van der Waals surface area contributed by atoms with Gasteiger partial charge in [0.25, 0.3) is 0 Å². The van der Waals surface area contributed by atoms with Crippen LogP contribution in [-0.4, -0.2) is 58.9 Å². The van der Waals surface area contributed by atoms with E-state index in [2.05, 4.69) is 5.32 Å². The second kappa shape index (κ2) is 9.86. The number of nitrogens with one attached hydrogen (secondary N) is 1. The Bertz CT molecular complexity index is 991. The maximum atomic E-state index is 13.1. The van der Waals surface area contributed by atoms with Crippen molar-refractivity contribution in [2.24, 2.45) is 0 Å². The van der Waals surface area contributed by atoms with Crippen LogP contribution in [0.25, 0.3) is 0 Å². The van der Waals surface area contributed by atoms with Crippen LogP contribution >= 0.6 is 0 Å². The van der Waals surface area contributed by atoms with E-state index < -0.39 is 34.3 Å². The molecule has 0 aliphatic rings. The first kappa shape index (κ1) is 24.3. The molecule has 0 saturated carbocycles. The molecule has 0 heterocycles. The molecule has 1 amide bonds. The average molecular weight is 453 g/mol. The summed E-state index contributed by atoms with van der Waals surface area (Å²) in [5.74, 6) is -0.103. The van der Waals surface area contributed by atoms with E-state index in [4.69, 9.17) is 11.5 Å². The Balaban J connectivity index is 2.30. The molecule has 2 aromatic rings.